The van der Waals surface area contributed by atoms with E-state index in [1.165, 1.54) is 11.8 Å². The standard InChI is InChI=1S/C24H29FN4O2/c1-16-3-8-21(25)24-23(16)20(17(2)28-24)9-10-27-22(30)15-31-19-6-4-18(5-7-19)29-13-11-26-12-14-29/h3-8,26,28H,9-15H2,1-2H3,(H,27,30). The Labute approximate surface area is 181 Å². The molecular formula is C24H29FN4O2. The summed E-state index contributed by atoms with van der Waals surface area (Å²) in [5, 5.41) is 7.15. The average Bonchev–Trinajstić information content (AvgIpc) is 3.13. The van der Waals surface area contributed by atoms with Crippen LogP contribution < -0.4 is 20.3 Å². The Hall–Kier alpha value is -3.06. The number of carbonyl (C=O) groups is 1. The fourth-order valence-electron chi connectivity index (χ4n) is 4.16. The number of piperazine rings is 1. The van der Waals surface area contributed by atoms with Gasteiger partial charge >= 0.3 is 0 Å². The summed E-state index contributed by atoms with van der Waals surface area (Å²) in [6.07, 6.45) is 0.626. The molecule has 2 aromatic carbocycles. The van der Waals surface area contributed by atoms with E-state index in [1.807, 2.05) is 38.1 Å². The zero-order chi connectivity index (χ0) is 21.8. The summed E-state index contributed by atoms with van der Waals surface area (Å²) in [6.45, 7) is 8.30. The number of anilines is 1. The van der Waals surface area contributed by atoms with Crippen molar-refractivity contribution < 1.29 is 13.9 Å². The van der Waals surface area contributed by atoms with Crippen molar-refractivity contribution in [3.05, 3.63) is 59.0 Å². The Balaban J connectivity index is 1.27. The summed E-state index contributed by atoms with van der Waals surface area (Å²) in [6, 6.07) is 11.1. The van der Waals surface area contributed by atoms with E-state index in [9.17, 15) is 9.18 Å². The molecule has 164 valence electrons. The summed E-state index contributed by atoms with van der Waals surface area (Å²) < 4.78 is 19.7. The number of ether oxygens (including phenoxy) is 1. The maximum absolute atomic E-state index is 14.1. The smallest absolute Gasteiger partial charge is 0.257 e. The summed E-state index contributed by atoms with van der Waals surface area (Å²) in [4.78, 5) is 17.7. The number of hydrogen-bond donors (Lipinski definition) is 3. The van der Waals surface area contributed by atoms with Gasteiger partial charge in [0.25, 0.3) is 5.91 Å². The van der Waals surface area contributed by atoms with Crippen LogP contribution in [0.4, 0.5) is 10.1 Å². The number of aromatic amines is 1. The van der Waals surface area contributed by atoms with Crippen molar-refractivity contribution in [1.82, 2.24) is 15.6 Å². The van der Waals surface area contributed by atoms with Gasteiger partial charge in [-0.1, -0.05) is 6.07 Å². The number of amides is 1. The van der Waals surface area contributed by atoms with Crippen molar-refractivity contribution in [3.8, 4) is 5.75 Å². The number of aromatic nitrogens is 1. The highest BCUT2D eigenvalue weighted by Crippen LogP contribution is 2.27. The van der Waals surface area contributed by atoms with Crippen molar-refractivity contribution in [3.63, 3.8) is 0 Å². The number of carbonyl (C=O) groups excluding carboxylic acids is 1. The lowest BCUT2D eigenvalue weighted by Gasteiger charge is -2.29. The quantitative estimate of drug-likeness (QED) is 0.545. The third-order valence-electron chi connectivity index (χ3n) is 5.82. The molecule has 0 radical (unpaired) electrons. The minimum Gasteiger partial charge on any atom is -0.484 e. The Kier molecular flexibility index (Phi) is 6.42. The molecule has 0 aliphatic carbocycles. The molecule has 0 spiro atoms. The first-order valence-electron chi connectivity index (χ1n) is 10.7. The maximum atomic E-state index is 14.1. The zero-order valence-electron chi connectivity index (χ0n) is 18.1. The van der Waals surface area contributed by atoms with Gasteiger partial charge in [0.05, 0.1) is 5.52 Å². The van der Waals surface area contributed by atoms with E-state index in [0.29, 0.717) is 24.2 Å². The normalized spacial score (nSPS) is 14.1. The van der Waals surface area contributed by atoms with Gasteiger partial charge in [0.2, 0.25) is 0 Å². The van der Waals surface area contributed by atoms with Crippen molar-refractivity contribution >= 4 is 22.5 Å². The minimum absolute atomic E-state index is 0.0342. The van der Waals surface area contributed by atoms with Crippen molar-refractivity contribution in [1.29, 1.82) is 0 Å². The van der Waals surface area contributed by atoms with Gasteiger partial charge in [-0.05, 0) is 61.7 Å². The van der Waals surface area contributed by atoms with E-state index in [1.54, 1.807) is 6.07 Å². The van der Waals surface area contributed by atoms with Crippen LogP contribution in [0.25, 0.3) is 10.9 Å². The van der Waals surface area contributed by atoms with Gasteiger partial charge < -0.3 is 25.3 Å². The van der Waals surface area contributed by atoms with E-state index < -0.39 is 0 Å². The summed E-state index contributed by atoms with van der Waals surface area (Å²) in [7, 11) is 0. The Morgan fingerprint density at radius 2 is 1.87 bits per heavy atom. The lowest BCUT2D eigenvalue weighted by Crippen LogP contribution is -2.43. The predicted octanol–water partition coefficient (Wildman–Crippen LogP) is 3.07. The zero-order valence-corrected chi connectivity index (χ0v) is 18.1. The second-order valence-corrected chi connectivity index (χ2v) is 7.96. The van der Waals surface area contributed by atoms with Crippen LogP contribution in [0.1, 0.15) is 16.8 Å². The molecule has 1 aliphatic heterocycles. The number of nitrogens with one attached hydrogen (secondary N) is 3. The molecule has 6 nitrogen and oxygen atoms in total. The van der Waals surface area contributed by atoms with Gasteiger partial charge in [0, 0.05) is 49.5 Å². The van der Waals surface area contributed by atoms with E-state index in [4.69, 9.17) is 4.74 Å². The van der Waals surface area contributed by atoms with Crippen LogP contribution in [0.3, 0.4) is 0 Å². The number of hydrogen-bond acceptors (Lipinski definition) is 4. The van der Waals surface area contributed by atoms with E-state index in [0.717, 1.165) is 48.4 Å². The number of aryl methyl sites for hydroxylation is 2. The predicted molar refractivity (Wildman–Crippen MR) is 121 cm³/mol. The topological polar surface area (TPSA) is 69.4 Å². The van der Waals surface area contributed by atoms with Gasteiger partial charge in [0.15, 0.2) is 6.61 Å². The maximum Gasteiger partial charge on any atom is 0.257 e. The van der Waals surface area contributed by atoms with Crippen LogP contribution >= 0.6 is 0 Å². The third-order valence-corrected chi connectivity index (χ3v) is 5.82. The Morgan fingerprint density at radius 1 is 1.13 bits per heavy atom. The molecule has 0 atom stereocenters. The first-order valence-corrected chi connectivity index (χ1v) is 10.7. The molecule has 3 aromatic rings. The van der Waals surface area contributed by atoms with Crippen LogP contribution in [0.15, 0.2) is 36.4 Å². The van der Waals surface area contributed by atoms with Crippen molar-refractivity contribution in [2.24, 2.45) is 0 Å². The SMILES string of the molecule is Cc1[nH]c2c(F)ccc(C)c2c1CCNC(=O)COc1ccc(N2CCNCC2)cc1. The molecule has 1 amide bonds. The number of halogens is 1. The first-order chi connectivity index (χ1) is 15.0. The molecule has 7 heteroatoms. The lowest BCUT2D eigenvalue weighted by molar-refractivity contribution is -0.123. The summed E-state index contributed by atoms with van der Waals surface area (Å²) >= 11 is 0. The molecule has 1 fully saturated rings. The molecule has 1 aliphatic rings. The van der Waals surface area contributed by atoms with E-state index in [-0.39, 0.29) is 18.3 Å². The van der Waals surface area contributed by atoms with Crippen LogP contribution in [0.5, 0.6) is 5.75 Å². The highest BCUT2D eigenvalue weighted by atomic mass is 19.1. The second-order valence-electron chi connectivity index (χ2n) is 7.96. The van der Waals surface area contributed by atoms with Gasteiger partial charge in [-0.3, -0.25) is 4.79 Å². The molecule has 0 bridgehead atoms. The minimum atomic E-state index is -0.254. The number of nitrogens with zero attached hydrogens (tertiary/aromatic N) is 1. The molecule has 0 saturated carbocycles. The summed E-state index contributed by atoms with van der Waals surface area (Å²) in [5.74, 6) is 0.245. The fraction of sp³-hybridized carbons (Fsp3) is 0.375. The van der Waals surface area contributed by atoms with Crippen LogP contribution in [-0.4, -0.2) is 50.2 Å². The molecular weight excluding hydrogens is 395 g/mol. The lowest BCUT2D eigenvalue weighted by atomic mass is 10.0. The Morgan fingerprint density at radius 3 is 2.61 bits per heavy atom. The van der Waals surface area contributed by atoms with E-state index in [2.05, 4.69) is 20.5 Å². The largest absolute Gasteiger partial charge is 0.484 e. The monoisotopic (exact) mass is 424 g/mol. The molecule has 0 unspecified atom stereocenters. The third kappa shape index (κ3) is 4.82. The molecule has 1 saturated heterocycles. The van der Waals surface area contributed by atoms with Gasteiger partial charge in [-0.25, -0.2) is 4.39 Å². The average molecular weight is 425 g/mol. The van der Waals surface area contributed by atoms with Gasteiger partial charge in [0.1, 0.15) is 11.6 Å². The first kappa shape index (κ1) is 21.2. The molecule has 4 rings (SSSR count). The fourth-order valence-corrected chi connectivity index (χ4v) is 4.16. The highest BCUT2D eigenvalue weighted by molar-refractivity contribution is 5.88. The number of H-pyrrole nitrogens is 1. The van der Waals surface area contributed by atoms with Crippen LogP contribution in [-0.2, 0) is 11.2 Å². The van der Waals surface area contributed by atoms with Gasteiger partial charge in [-0.15, -0.1) is 0 Å². The van der Waals surface area contributed by atoms with E-state index >= 15 is 0 Å². The van der Waals surface area contributed by atoms with Crippen molar-refractivity contribution in [2.75, 3.05) is 44.2 Å². The number of fused-ring (bicyclic) bond motifs is 1. The molecule has 3 N–H and O–H groups in total. The van der Waals surface area contributed by atoms with Crippen LogP contribution in [0, 0.1) is 19.7 Å². The van der Waals surface area contributed by atoms with Crippen molar-refractivity contribution in [2.45, 2.75) is 20.3 Å². The highest BCUT2D eigenvalue weighted by Gasteiger charge is 2.14. The second kappa shape index (κ2) is 9.39. The van der Waals surface area contributed by atoms with Gasteiger partial charge in [-0.2, -0.15) is 0 Å². The molecule has 31 heavy (non-hydrogen) atoms. The number of rotatable bonds is 7. The van der Waals surface area contributed by atoms with Crippen LogP contribution in [0.2, 0.25) is 0 Å². The summed E-state index contributed by atoms with van der Waals surface area (Å²) in [5.41, 5.74) is 4.69. The number of benzene rings is 2. The molecule has 1 aromatic heterocycles. The Bertz CT molecular complexity index is 1060. The molecule has 2 heterocycles.